The Morgan fingerprint density at radius 1 is 1.04 bits per heavy atom. The molecular weight excluding hydrogens is 302 g/mol. The number of para-hydroxylation sites is 1. The first-order valence-corrected chi connectivity index (χ1v) is 7.86. The average molecular weight is 321 g/mol. The van der Waals surface area contributed by atoms with Gasteiger partial charge in [-0.3, -0.25) is 4.79 Å². The maximum Gasteiger partial charge on any atom is 0.279 e. The molecule has 122 valence electrons. The van der Waals surface area contributed by atoms with Crippen LogP contribution >= 0.6 is 0 Å². The molecule has 3 aromatic rings. The smallest absolute Gasteiger partial charge is 0.279 e. The van der Waals surface area contributed by atoms with E-state index in [9.17, 15) is 4.79 Å². The number of ether oxygens (including phenoxy) is 1. The number of aromatic nitrogens is 2. The minimum Gasteiger partial charge on any atom is -0.476 e. The molecule has 0 bridgehead atoms. The van der Waals surface area contributed by atoms with Gasteiger partial charge < -0.3 is 10.1 Å². The van der Waals surface area contributed by atoms with E-state index in [0.29, 0.717) is 17.8 Å². The fraction of sp³-hybridized carbons (Fsp3) is 0.211. The first-order valence-electron chi connectivity index (χ1n) is 7.86. The number of aryl methyl sites for hydroxylation is 2. The average Bonchev–Trinajstić information content (AvgIpc) is 2.57. The van der Waals surface area contributed by atoms with Crippen LogP contribution in [0.25, 0.3) is 11.0 Å². The van der Waals surface area contributed by atoms with Gasteiger partial charge in [-0.25, -0.2) is 9.97 Å². The van der Waals surface area contributed by atoms with Crippen molar-refractivity contribution in [3.8, 4) is 5.88 Å². The molecule has 0 atom stereocenters. The maximum absolute atomic E-state index is 12.6. The largest absolute Gasteiger partial charge is 0.476 e. The second-order valence-corrected chi connectivity index (χ2v) is 5.56. The fourth-order valence-electron chi connectivity index (χ4n) is 2.39. The van der Waals surface area contributed by atoms with Crippen molar-refractivity contribution in [2.45, 2.75) is 20.8 Å². The Hall–Kier alpha value is -2.95. The van der Waals surface area contributed by atoms with E-state index in [1.165, 1.54) is 0 Å². The van der Waals surface area contributed by atoms with Crippen LogP contribution in [-0.4, -0.2) is 22.5 Å². The minimum absolute atomic E-state index is 0.191. The lowest BCUT2D eigenvalue weighted by atomic mass is 10.1. The summed E-state index contributed by atoms with van der Waals surface area (Å²) in [6.45, 7) is 6.30. The van der Waals surface area contributed by atoms with Gasteiger partial charge in [0.2, 0.25) is 5.88 Å². The molecule has 0 aliphatic carbocycles. The van der Waals surface area contributed by atoms with E-state index in [1.807, 2.05) is 63.2 Å². The maximum atomic E-state index is 12.6. The Morgan fingerprint density at radius 3 is 2.29 bits per heavy atom. The number of benzene rings is 2. The number of nitrogens with one attached hydrogen (secondary N) is 1. The number of carbonyl (C=O) groups excluding carboxylic acids is 1. The number of rotatable bonds is 4. The summed E-state index contributed by atoms with van der Waals surface area (Å²) in [4.78, 5) is 21.6. The summed E-state index contributed by atoms with van der Waals surface area (Å²) in [6.07, 6.45) is 0. The molecule has 0 aliphatic heterocycles. The van der Waals surface area contributed by atoms with Crippen LogP contribution < -0.4 is 10.1 Å². The Labute approximate surface area is 140 Å². The van der Waals surface area contributed by atoms with Crippen LogP contribution in [0.2, 0.25) is 0 Å². The summed E-state index contributed by atoms with van der Waals surface area (Å²) >= 11 is 0. The predicted octanol–water partition coefficient (Wildman–Crippen LogP) is 3.90. The van der Waals surface area contributed by atoms with Crippen LogP contribution in [0.4, 0.5) is 5.69 Å². The zero-order chi connectivity index (χ0) is 17.1. The highest BCUT2D eigenvalue weighted by Crippen LogP contribution is 2.23. The van der Waals surface area contributed by atoms with Crippen LogP contribution in [0.5, 0.6) is 5.88 Å². The lowest BCUT2D eigenvalue weighted by Gasteiger charge is -2.11. The van der Waals surface area contributed by atoms with Crippen molar-refractivity contribution in [3.05, 3.63) is 59.3 Å². The third kappa shape index (κ3) is 3.20. The van der Waals surface area contributed by atoms with Gasteiger partial charge in [-0.1, -0.05) is 18.2 Å². The normalized spacial score (nSPS) is 10.6. The zero-order valence-electron chi connectivity index (χ0n) is 14.0. The van der Waals surface area contributed by atoms with Crippen molar-refractivity contribution in [1.82, 2.24) is 9.97 Å². The second-order valence-electron chi connectivity index (χ2n) is 5.56. The van der Waals surface area contributed by atoms with E-state index in [4.69, 9.17) is 4.74 Å². The standard InChI is InChI=1S/C19H19N3O2/c1-4-24-19-17(18(23)20-14-8-6-5-7-9-14)21-15-10-12(2)13(3)11-16(15)22-19/h5-11H,4H2,1-3H3,(H,20,23). The fourth-order valence-corrected chi connectivity index (χ4v) is 2.39. The Morgan fingerprint density at radius 2 is 1.67 bits per heavy atom. The molecule has 3 rings (SSSR count). The molecular formula is C19H19N3O2. The Balaban J connectivity index is 2.05. The molecule has 0 saturated carbocycles. The van der Waals surface area contributed by atoms with Crippen LogP contribution in [0.15, 0.2) is 42.5 Å². The van der Waals surface area contributed by atoms with E-state index < -0.39 is 0 Å². The monoisotopic (exact) mass is 321 g/mol. The third-order valence-corrected chi connectivity index (χ3v) is 3.78. The van der Waals surface area contributed by atoms with Crippen molar-refractivity contribution >= 4 is 22.6 Å². The highest BCUT2D eigenvalue weighted by Gasteiger charge is 2.18. The quantitative estimate of drug-likeness (QED) is 0.791. The summed E-state index contributed by atoms with van der Waals surface area (Å²) in [6, 6.07) is 13.1. The van der Waals surface area contributed by atoms with Crippen LogP contribution in [0.3, 0.4) is 0 Å². The molecule has 1 aromatic heterocycles. The second kappa shape index (κ2) is 6.66. The van der Waals surface area contributed by atoms with Gasteiger partial charge >= 0.3 is 0 Å². The van der Waals surface area contributed by atoms with Gasteiger partial charge in [0.05, 0.1) is 17.6 Å². The zero-order valence-corrected chi connectivity index (χ0v) is 14.0. The van der Waals surface area contributed by atoms with Crippen molar-refractivity contribution in [3.63, 3.8) is 0 Å². The van der Waals surface area contributed by atoms with Crippen molar-refractivity contribution < 1.29 is 9.53 Å². The van der Waals surface area contributed by atoms with E-state index >= 15 is 0 Å². The summed E-state index contributed by atoms with van der Waals surface area (Å²) in [5.74, 6) is -0.0843. The van der Waals surface area contributed by atoms with Crippen molar-refractivity contribution in [2.24, 2.45) is 0 Å². The number of nitrogens with zero attached hydrogens (tertiary/aromatic N) is 2. The molecule has 0 spiro atoms. The van der Waals surface area contributed by atoms with Gasteiger partial charge in [0.15, 0.2) is 5.69 Å². The number of hydrogen-bond donors (Lipinski definition) is 1. The van der Waals surface area contributed by atoms with Gasteiger partial charge in [-0.05, 0) is 56.2 Å². The molecule has 1 N–H and O–H groups in total. The molecule has 1 heterocycles. The third-order valence-electron chi connectivity index (χ3n) is 3.78. The minimum atomic E-state index is -0.336. The molecule has 1 amide bonds. The molecule has 24 heavy (non-hydrogen) atoms. The first-order chi connectivity index (χ1) is 11.6. The van der Waals surface area contributed by atoms with E-state index in [1.54, 1.807) is 0 Å². The summed E-state index contributed by atoms with van der Waals surface area (Å²) < 4.78 is 5.54. The molecule has 0 unspecified atom stereocenters. The van der Waals surface area contributed by atoms with Gasteiger partial charge in [-0.2, -0.15) is 0 Å². The van der Waals surface area contributed by atoms with Crippen LogP contribution in [0.1, 0.15) is 28.5 Å². The number of fused-ring (bicyclic) bond motifs is 1. The predicted molar refractivity (Wildman–Crippen MR) is 94.6 cm³/mol. The van der Waals surface area contributed by atoms with Gasteiger partial charge in [0.25, 0.3) is 5.91 Å². The molecule has 5 nitrogen and oxygen atoms in total. The van der Waals surface area contributed by atoms with Crippen molar-refractivity contribution in [1.29, 1.82) is 0 Å². The van der Waals surface area contributed by atoms with Crippen LogP contribution in [0, 0.1) is 13.8 Å². The number of hydrogen-bond acceptors (Lipinski definition) is 4. The number of carbonyl (C=O) groups is 1. The summed E-state index contributed by atoms with van der Waals surface area (Å²) in [5, 5.41) is 2.83. The van der Waals surface area contributed by atoms with Crippen LogP contribution in [-0.2, 0) is 0 Å². The summed E-state index contributed by atoms with van der Waals surface area (Å²) in [5.41, 5.74) is 4.53. The van der Waals surface area contributed by atoms with Gasteiger partial charge in [-0.15, -0.1) is 0 Å². The molecule has 2 aromatic carbocycles. The topological polar surface area (TPSA) is 64.1 Å². The van der Waals surface area contributed by atoms with E-state index in [2.05, 4.69) is 15.3 Å². The first kappa shape index (κ1) is 15.9. The molecule has 5 heteroatoms. The molecule has 0 radical (unpaired) electrons. The highest BCUT2D eigenvalue weighted by molar-refractivity contribution is 6.05. The van der Waals surface area contributed by atoms with Gasteiger partial charge in [0.1, 0.15) is 0 Å². The summed E-state index contributed by atoms with van der Waals surface area (Å²) in [7, 11) is 0. The number of anilines is 1. The molecule has 0 fully saturated rings. The lowest BCUT2D eigenvalue weighted by Crippen LogP contribution is -2.16. The van der Waals surface area contributed by atoms with E-state index in [-0.39, 0.29) is 17.5 Å². The van der Waals surface area contributed by atoms with E-state index in [0.717, 1.165) is 16.6 Å². The molecule has 0 saturated heterocycles. The van der Waals surface area contributed by atoms with Gasteiger partial charge in [0, 0.05) is 5.69 Å². The SMILES string of the molecule is CCOc1nc2cc(C)c(C)cc2nc1C(=O)Nc1ccccc1. The lowest BCUT2D eigenvalue weighted by molar-refractivity contribution is 0.101. The Kier molecular flexibility index (Phi) is 4.42. The Bertz CT molecular complexity index is 892. The highest BCUT2D eigenvalue weighted by atomic mass is 16.5. The van der Waals surface area contributed by atoms with Crippen molar-refractivity contribution in [2.75, 3.05) is 11.9 Å². The molecule has 0 aliphatic rings. The number of amides is 1.